The molecule has 22 heavy (non-hydrogen) atoms. The summed E-state index contributed by atoms with van der Waals surface area (Å²) in [5.74, 6) is -1.05. The molecule has 0 aliphatic heterocycles. The number of carbonyl (C=O) groups is 2. The van der Waals surface area contributed by atoms with E-state index in [1.165, 1.54) is 18.2 Å². The molecular formula is C14H22N4O4. The SMILES string of the molecule is CCC(C(=O)OC1CCCCC1)n1nnc(C(=O)OC)c1N. The Morgan fingerprint density at radius 2 is 2.05 bits per heavy atom. The van der Waals surface area contributed by atoms with E-state index in [-0.39, 0.29) is 23.6 Å². The molecule has 1 atom stereocenters. The Morgan fingerprint density at radius 3 is 2.64 bits per heavy atom. The van der Waals surface area contributed by atoms with Crippen LogP contribution in [0, 0.1) is 0 Å². The molecule has 1 aliphatic rings. The molecule has 1 unspecified atom stereocenters. The molecule has 1 heterocycles. The second kappa shape index (κ2) is 7.24. The number of esters is 2. The summed E-state index contributed by atoms with van der Waals surface area (Å²) in [6.07, 6.45) is 5.52. The molecule has 0 spiro atoms. The number of hydrogen-bond donors (Lipinski definition) is 1. The Bertz CT molecular complexity index is 537. The third-order valence-corrected chi connectivity index (χ3v) is 3.90. The number of aromatic nitrogens is 3. The quantitative estimate of drug-likeness (QED) is 0.820. The van der Waals surface area contributed by atoms with E-state index in [4.69, 9.17) is 10.5 Å². The van der Waals surface area contributed by atoms with Gasteiger partial charge >= 0.3 is 11.9 Å². The predicted molar refractivity (Wildman–Crippen MR) is 78.1 cm³/mol. The van der Waals surface area contributed by atoms with Crippen molar-refractivity contribution in [1.82, 2.24) is 15.0 Å². The maximum atomic E-state index is 12.4. The van der Waals surface area contributed by atoms with Crippen LogP contribution in [0.1, 0.15) is 62.0 Å². The zero-order valence-electron chi connectivity index (χ0n) is 12.9. The van der Waals surface area contributed by atoms with Gasteiger partial charge in [0, 0.05) is 0 Å². The molecular weight excluding hydrogens is 288 g/mol. The molecule has 0 aromatic carbocycles. The fourth-order valence-electron chi connectivity index (χ4n) is 2.64. The zero-order chi connectivity index (χ0) is 16.1. The molecule has 0 bridgehead atoms. The van der Waals surface area contributed by atoms with Crippen LogP contribution in [0.5, 0.6) is 0 Å². The summed E-state index contributed by atoms with van der Waals surface area (Å²) in [5.41, 5.74) is 5.77. The van der Waals surface area contributed by atoms with Crippen molar-refractivity contribution in [3.05, 3.63) is 5.69 Å². The first-order valence-corrected chi connectivity index (χ1v) is 7.58. The number of nitrogens with zero attached hydrogens (tertiary/aromatic N) is 3. The van der Waals surface area contributed by atoms with Crippen molar-refractivity contribution < 1.29 is 19.1 Å². The second-order valence-corrected chi connectivity index (χ2v) is 5.38. The topological polar surface area (TPSA) is 109 Å². The van der Waals surface area contributed by atoms with Crippen LogP contribution >= 0.6 is 0 Å². The third kappa shape index (κ3) is 3.37. The van der Waals surface area contributed by atoms with E-state index in [0.717, 1.165) is 25.7 Å². The first-order chi connectivity index (χ1) is 10.6. The highest BCUT2D eigenvalue weighted by Crippen LogP contribution is 2.24. The van der Waals surface area contributed by atoms with Crippen molar-refractivity contribution >= 4 is 17.8 Å². The van der Waals surface area contributed by atoms with Crippen LogP contribution in [-0.4, -0.2) is 40.1 Å². The number of rotatable bonds is 5. The van der Waals surface area contributed by atoms with Gasteiger partial charge in [-0.2, -0.15) is 0 Å². The summed E-state index contributed by atoms with van der Waals surface area (Å²) in [6, 6.07) is -0.687. The van der Waals surface area contributed by atoms with Gasteiger partial charge in [-0.1, -0.05) is 18.6 Å². The molecule has 1 aromatic rings. The van der Waals surface area contributed by atoms with Gasteiger partial charge in [-0.15, -0.1) is 5.10 Å². The largest absolute Gasteiger partial charge is 0.464 e. The number of carbonyl (C=O) groups excluding carboxylic acids is 2. The lowest BCUT2D eigenvalue weighted by Gasteiger charge is -2.24. The number of nitrogen functional groups attached to an aromatic ring is 1. The van der Waals surface area contributed by atoms with Crippen LogP contribution in [0.15, 0.2) is 0 Å². The highest BCUT2D eigenvalue weighted by Gasteiger charge is 2.29. The van der Waals surface area contributed by atoms with Crippen LogP contribution in [-0.2, 0) is 14.3 Å². The van der Waals surface area contributed by atoms with E-state index in [1.807, 2.05) is 6.92 Å². The van der Waals surface area contributed by atoms with Crippen LogP contribution in [0.4, 0.5) is 5.82 Å². The summed E-state index contributed by atoms with van der Waals surface area (Å²) < 4.78 is 11.4. The number of hydrogen-bond acceptors (Lipinski definition) is 7. The highest BCUT2D eigenvalue weighted by atomic mass is 16.5. The molecule has 1 fully saturated rings. The van der Waals surface area contributed by atoms with Crippen LogP contribution in [0.2, 0.25) is 0 Å². The summed E-state index contributed by atoms with van der Waals surface area (Å²) in [7, 11) is 1.23. The van der Waals surface area contributed by atoms with E-state index in [1.54, 1.807) is 0 Å². The van der Waals surface area contributed by atoms with E-state index in [9.17, 15) is 9.59 Å². The molecule has 2 rings (SSSR count). The average molecular weight is 310 g/mol. The third-order valence-electron chi connectivity index (χ3n) is 3.90. The molecule has 8 nitrogen and oxygen atoms in total. The summed E-state index contributed by atoms with van der Waals surface area (Å²) in [6.45, 7) is 1.83. The van der Waals surface area contributed by atoms with Gasteiger partial charge in [0.1, 0.15) is 6.10 Å². The van der Waals surface area contributed by atoms with Crippen LogP contribution < -0.4 is 5.73 Å². The van der Waals surface area contributed by atoms with E-state index in [0.29, 0.717) is 6.42 Å². The van der Waals surface area contributed by atoms with Crippen molar-refractivity contribution in [2.45, 2.75) is 57.6 Å². The Hall–Kier alpha value is -2.12. The first-order valence-electron chi connectivity index (χ1n) is 7.58. The van der Waals surface area contributed by atoms with E-state index < -0.39 is 12.0 Å². The predicted octanol–water partition coefficient (Wildman–Crippen LogP) is 1.47. The van der Waals surface area contributed by atoms with Crippen molar-refractivity contribution in [2.75, 3.05) is 12.8 Å². The normalized spacial score (nSPS) is 17.0. The summed E-state index contributed by atoms with van der Waals surface area (Å²) in [5, 5.41) is 7.50. The van der Waals surface area contributed by atoms with Crippen molar-refractivity contribution in [2.24, 2.45) is 0 Å². The van der Waals surface area contributed by atoms with Crippen LogP contribution in [0.3, 0.4) is 0 Å². The van der Waals surface area contributed by atoms with Crippen LogP contribution in [0.25, 0.3) is 0 Å². The maximum Gasteiger partial charge on any atom is 0.362 e. The van der Waals surface area contributed by atoms with Crippen molar-refractivity contribution in [3.8, 4) is 0 Å². The minimum Gasteiger partial charge on any atom is -0.464 e. The molecule has 122 valence electrons. The van der Waals surface area contributed by atoms with Gasteiger partial charge in [-0.05, 0) is 32.1 Å². The van der Waals surface area contributed by atoms with E-state index in [2.05, 4.69) is 15.0 Å². The minimum atomic E-state index is -0.687. The van der Waals surface area contributed by atoms with Gasteiger partial charge in [-0.3, -0.25) is 0 Å². The highest BCUT2D eigenvalue weighted by molar-refractivity contribution is 5.92. The molecule has 0 radical (unpaired) electrons. The van der Waals surface area contributed by atoms with Gasteiger partial charge in [0.15, 0.2) is 11.9 Å². The Labute approximate surface area is 128 Å². The Kier molecular flexibility index (Phi) is 5.35. The molecule has 8 heteroatoms. The number of methoxy groups -OCH3 is 1. The lowest BCUT2D eigenvalue weighted by Crippen LogP contribution is -2.29. The lowest BCUT2D eigenvalue weighted by molar-refractivity contribution is -0.155. The smallest absolute Gasteiger partial charge is 0.362 e. The molecule has 2 N–H and O–H groups in total. The van der Waals surface area contributed by atoms with Crippen molar-refractivity contribution in [1.29, 1.82) is 0 Å². The monoisotopic (exact) mass is 310 g/mol. The molecule has 1 aromatic heterocycles. The Balaban J connectivity index is 2.11. The van der Waals surface area contributed by atoms with E-state index >= 15 is 0 Å². The Morgan fingerprint density at radius 1 is 1.36 bits per heavy atom. The molecule has 0 amide bonds. The summed E-state index contributed by atoms with van der Waals surface area (Å²) in [4.78, 5) is 23.9. The zero-order valence-corrected chi connectivity index (χ0v) is 12.9. The van der Waals surface area contributed by atoms with Gasteiger partial charge in [0.25, 0.3) is 0 Å². The number of ether oxygens (including phenoxy) is 2. The fraction of sp³-hybridized carbons (Fsp3) is 0.714. The standard InChI is InChI=1S/C14H22N4O4/c1-3-10(13(19)22-9-7-5-4-6-8-9)18-12(15)11(16-17-18)14(20)21-2/h9-10H,3-8,15H2,1-2H3. The lowest BCUT2D eigenvalue weighted by atomic mass is 9.98. The average Bonchev–Trinajstić information content (AvgIpc) is 2.90. The van der Waals surface area contributed by atoms with Crippen molar-refractivity contribution in [3.63, 3.8) is 0 Å². The number of anilines is 1. The van der Waals surface area contributed by atoms with Gasteiger partial charge in [0.05, 0.1) is 7.11 Å². The fourth-order valence-corrected chi connectivity index (χ4v) is 2.64. The molecule has 0 saturated heterocycles. The summed E-state index contributed by atoms with van der Waals surface area (Å²) >= 11 is 0. The molecule has 1 aliphatic carbocycles. The van der Waals surface area contributed by atoms with Gasteiger partial charge < -0.3 is 15.2 Å². The maximum absolute atomic E-state index is 12.4. The number of nitrogens with two attached hydrogens (primary N) is 1. The van der Waals surface area contributed by atoms with Gasteiger partial charge in [-0.25, -0.2) is 14.3 Å². The van der Waals surface area contributed by atoms with Gasteiger partial charge in [0.2, 0.25) is 5.69 Å². The second-order valence-electron chi connectivity index (χ2n) is 5.38. The first kappa shape index (κ1) is 16.3. The minimum absolute atomic E-state index is 0.0132. The molecule has 1 saturated carbocycles.